The maximum absolute atomic E-state index is 10.5. The number of benzene rings is 3. The maximum Gasteiger partial charge on any atom is 0.418 e. The molecule has 0 unspecified atom stereocenters. The summed E-state index contributed by atoms with van der Waals surface area (Å²) in [5, 5.41) is 0. The monoisotopic (exact) mass is 315 g/mol. The summed E-state index contributed by atoms with van der Waals surface area (Å²) in [5.41, 5.74) is 4.95. The molecule has 0 bridgehead atoms. The molecule has 0 saturated carbocycles. The van der Waals surface area contributed by atoms with Gasteiger partial charge in [0, 0.05) is 0 Å². The van der Waals surface area contributed by atoms with Crippen LogP contribution in [0, 0.1) is 0 Å². The highest BCUT2D eigenvalue weighted by molar-refractivity contribution is 5.83. The smallest absolute Gasteiger partial charge is 0.418 e. The van der Waals surface area contributed by atoms with Gasteiger partial charge < -0.3 is 4.74 Å². The van der Waals surface area contributed by atoms with E-state index in [9.17, 15) is 4.79 Å². The predicted octanol–water partition coefficient (Wildman–Crippen LogP) is 5.34. The number of carbonyl (C=O) groups excluding carboxylic acids is 1. The molecule has 0 N–H and O–H groups in total. The fourth-order valence-corrected chi connectivity index (χ4v) is 2.82. The van der Waals surface area contributed by atoms with E-state index in [-0.39, 0.29) is 0 Å². The Balaban J connectivity index is 2.01. The highest BCUT2D eigenvalue weighted by atomic mass is 16.5. The van der Waals surface area contributed by atoms with Gasteiger partial charge in [-0.3, -0.25) is 0 Å². The van der Waals surface area contributed by atoms with Crippen molar-refractivity contribution in [3.63, 3.8) is 0 Å². The summed E-state index contributed by atoms with van der Waals surface area (Å²) in [5.74, 6) is 0. The molecule has 2 nitrogen and oxygen atoms in total. The van der Waals surface area contributed by atoms with Crippen LogP contribution in [0.2, 0.25) is 0 Å². The molecule has 0 amide bonds. The first-order valence-corrected chi connectivity index (χ1v) is 7.92. The summed E-state index contributed by atoms with van der Waals surface area (Å²) < 4.78 is 5.05. The Morgan fingerprint density at radius 1 is 0.708 bits per heavy atom. The Labute approximate surface area is 142 Å². The number of hydrogen-bond acceptors (Lipinski definition) is 2. The van der Waals surface area contributed by atoms with Gasteiger partial charge in [-0.05, 0) is 41.7 Å². The molecule has 119 valence electrons. The SMILES string of the molecule is CC(C)(O[C]=O)c1ccc(-c2ccccc2-c2ccccc2)cc1. The molecule has 1 radical (unpaired) electrons. The van der Waals surface area contributed by atoms with Crippen molar-refractivity contribution in [1.29, 1.82) is 0 Å². The van der Waals surface area contributed by atoms with E-state index in [1.165, 1.54) is 23.2 Å². The van der Waals surface area contributed by atoms with Crippen molar-refractivity contribution in [3.8, 4) is 22.3 Å². The normalized spacial score (nSPS) is 11.1. The van der Waals surface area contributed by atoms with Crippen LogP contribution in [-0.2, 0) is 15.1 Å². The molecule has 0 aromatic heterocycles. The van der Waals surface area contributed by atoms with Gasteiger partial charge in [-0.1, -0.05) is 78.9 Å². The molecule has 2 heteroatoms. The molecule has 0 aliphatic heterocycles. The van der Waals surface area contributed by atoms with Crippen LogP contribution in [0.4, 0.5) is 0 Å². The third kappa shape index (κ3) is 3.23. The summed E-state index contributed by atoms with van der Waals surface area (Å²) in [4.78, 5) is 10.5. The first-order chi connectivity index (χ1) is 11.6. The molecule has 0 fully saturated rings. The van der Waals surface area contributed by atoms with E-state index in [1.54, 1.807) is 0 Å². The van der Waals surface area contributed by atoms with Crippen LogP contribution in [0.25, 0.3) is 22.3 Å². The van der Waals surface area contributed by atoms with Crippen molar-refractivity contribution in [3.05, 3.63) is 84.4 Å². The lowest BCUT2D eigenvalue weighted by atomic mass is 9.92. The van der Waals surface area contributed by atoms with Crippen LogP contribution in [0.3, 0.4) is 0 Å². The molecule has 0 heterocycles. The zero-order valence-corrected chi connectivity index (χ0v) is 13.8. The van der Waals surface area contributed by atoms with Gasteiger partial charge in [0.1, 0.15) is 5.60 Å². The minimum atomic E-state index is -0.681. The summed E-state index contributed by atoms with van der Waals surface area (Å²) in [6, 6.07) is 26.8. The lowest BCUT2D eigenvalue weighted by molar-refractivity contribution is 0.0879. The average molecular weight is 315 g/mol. The first kappa shape index (κ1) is 16.0. The van der Waals surface area contributed by atoms with Gasteiger partial charge in [-0.25, -0.2) is 4.79 Å². The van der Waals surface area contributed by atoms with Crippen LogP contribution in [-0.4, -0.2) is 6.47 Å². The first-order valence-electron chi connectivity index (χ1n) is 7.92. The molecule has 0 spiro atoms. The zero-order valence-electron chi connectivity index (χ0n) is 13.8. The van der Waals surface area contributed by atoms with Crippen LogP contribution < -0.4 is 0 Å². The highest BCUT2D eigenvalue weighted by Crippen LogP contribution is 2.33. The molecule has 3 aromatic rings. The van der Waals surface area contributed by atoms with Crippen molar-refractivity contribution < 1.29 is 9.53 Å². The standard InChI is InChI=1S/C22H19O2/c1-22(2,24-16-23)19-14-12-18(13-15-19)21-11-7-6-10-20(21)17-8-4-3-5-9-17/h3-15H,1-2H3. The Morgan fingerprint density at radius 3 is 1.75 bits per heavy atom. The molecule has 0 atom stereocenters. The quantitative estimate of drug-likeness (QED) is 0.635. The molecule has 3 rings (SSSR count). The Bertz CT molecular complexity index is 818. The summed E-state index contributed by atoms with van der Waals surface area (Å²) in [6.07, 6.45) is 0. The van der Waals surface area contributed by atoms with E-state index >= 15 is 0 Å². The van der Waals surface area contributed by atoms with Gasteiger partial charge in [0.15, 0.2) is 0 Å². The van der Waals surface area contributed by atoms with Crippen molar-refractivity contribution in [1.82, 2.24) is 0 Å². The third-order valence-corrected chi connectivity index (χ3v) is 4.20. The Kier molecular flexibility index (Phi) is 4.48. The lowest BCUT2D eigenvalue weighted by Crippen LogP contribution is -2.20. The molecule has 0 aliphatic carbocycles. The Hall–Kier alpha value is -2.87. The summed E-state index contributed by atoms with van der Waals surface area (Å²) in [6.45, 7) is 5.24. The van der Waals surface area contributed by atoms with Crippen LogP contribution in [0.5, 0.6) is 0 Å². The van der Waals surface area contributed by atoms with Crippen molar-refractivity contribution in [2.24, 2.45) is 0 Å². The molecule has 3 aromatic carbocycles. The van der Waals surface area contributed by atoms with Crippen molar-refractivity contribution in [2.45, 2.75) is 19.4 Å². The predicted molar refractivity (Wildman–Crippen MR) is 97.1 cm³/mol. The fourth-order valence-electron chi connectivity index (χ4n) is 2.82. The van der Waals surface area contributed by atoms with E-state index in [2.05, 4.69) is 42.5 Å². The molecular weight excluding hydrogens is 296 g/mol. The van der Waals surface area contributed by atoms with Gasteiger partial charge >= 0.3 is 6.47 Å². The molecule has 24 heavy (non-hydrogen) atoms. The van der Waals surface area contributed by atoms with E-state index in [1.807, 2.05) is 50.2 Å². The van der Waals surface area contributed by atoms with Gasteiger partial charge in [0.05, 0.1) is 0 Å². The maximum atomic E-state index is 10.5. The van der Waals surface area contributed by atoms with Crippen molar-refractivity contribution in [2.75, 3.05) is 0 Å². The highest BCUT2D eigenvalue weighted by Gasteiger charge is 2.22. The second-order valence-corrected chi connectivity index (χ2v) is 6.18. The summed E-state index contributed by atoms with van der Waals surface area (Å²) >= 11 is 0. The number of rotatable bonds is 5. The second kappa shape index (κ2) is 6.71. The zero-order chi connectivity index (χ0) is 17.0. The Morgan fingerprint density at radius 2 is 1.21 bits per heavy atom. The third-order valence-electron chi connectivity index (χ3n) is 4.20. The molecular formula is C22H19O2. The molecule has 0 saturated heterocycles. The van der Waals surface area contributed by atoms with Crippen LogP contribution >= 0.6 is 0 Å². The lowest BCUT2D eigenvalue weighted by Gasteiger charge is -2.22. The molecule has 0 aliphatic rings. The van der Waals surface area contributed by atoms with Crippen LogP contribution in [0.15, 0.2) is 78.9 Å². The van der Waals surface area contributed by atoms with Crippen molar-refractivity contribution >= 4 is 6.47 Å². The average Bonchev–Trinajstić information content (AvgIpc) is 2.62. The van der Waals surface area contributed by atoms with E-state index in [4.69, 9.17) is 4.74 Å². The van der Waals surface area contributed by atoms with Gasteiger partial charge in [-0.2, -0.15) is 0 Å². The fraction of sp³-hybridized carbons (Fsp3) is 0.136. The number of hydrogen-bond donors (Lipinski definition) is 0. The number of ether oxygens (including phenoxy) is 1. The van der Waals surface area contributed by atoms with Gasteiger partial charge in [0.2, 0.25) is 0 Å². The topological polar surface area (TPSA) is 26.3 Å². The van der Waals surface area contributed by atoms with Gasteiger partial charge in [0.25, 0.3) is 0 Å². The summed E-state index contributed by atoms with van der Waals surface area (Å²) in [7, 11) is 0. The minimum absolute atomic E-state index is 0.681. The van der Waals surface area contributed by atoms with Gasteiger partial charge in [-0.15, -0.1) is 0 Å². The van der Waals surface area contributed by atoms with E-state index in [0.717, 1.165) is 11.1 Å². The minimum Gasteiger partial charge on any atom is -0.446 e. The van der Waals surface area contributed by atoms with E-state index < -0.39 is 5.60 Å². The second-order valence-electron chi connectivity index (χ2n) is 6.18. The largest absolute Gasteiger partial charge is 0.446 e. The van der Waals surface area contributed by atoms with Crippen LogP contribution in [0.1, 0.15) is 19.4 Å². The van der Waals surface area contributed by atoms with E-state index in [0.29, 0.717) is 0 Å².